The van der Waals surface area contributed by atoms with Gasteiger partial charge in [0.1, 0.15) is 23.9 Å². The van der Waals surface area contributed by atoms with Crippen molar-refractivity contribution in [2.24, 2.45) is 0 Å². The van der Waals surface area contributed by atoms with Gasteiger partial charge in [-0.3, -0.25) is 9.78 Å². The van der Waals surface area contributed by atoms with E-state index in [1.807, 2.05) is 50.2 Å². The van der Waals surface area contributed by atoms with Crippen LogP contribution >= 0.6 is 11.6 Å². The van der Waals surface area contributed by atoms with Gasteiger partial charge in [-0.2, -0.15) is 0 Å². The third kappa shape index (κ3) is 4.63. The van der Waals surface area contributed by atoms with E-state index in [-0.39, 0.29) is 0 Å². The topological polar surface area (TPSA) is 57.9 Å². The predicted octanol–water partition coefficient (Wildman–Crippen LogP) is 5.65. The highest BCUT2D eigenvalue weighted by Crippen LogP contribution is 2.30. The first-order valence-electron chi connectivity index (χ1n) is 8.37. The lowest BCUT2D eigenvalue weighted by molar-refractivity contribution is -0.211. The summed E-state index contributed by atoms with van der Waals surface area (Å²) >= 11 is 5.93. The van der Waals surface area contributed by atoms with Crippen molar-refractivity contribution in [2.75, 3.05) is 0 Å². The highest BCUT2D eigenvalue weighted by Gasteiger charge is 2.13. The molecule has 0 saturated heterocycles. The molecule has 0 atom stereocenters. The fourth-order valence-corrected chi connectivity index (χ4v) is 2.65. The minimum atomic E-state index is -0.524. The minimum Gasteiger partial charge on any atom is -0.488 e. The average molecular weight is 387 g/mol. The number of hydrogen-bond donors (Lipinski definition) is 0. The van der Waals surface area contributed by atoms with E-state index in [1.54, 1.807) is 12.1 Å². The first-order valence-corrected chi connectivity index (χ1v) is 8.74. The van der Waals surface area contributed by atoms with Gasteiger partial charge in [-0.05, 0) is 56.3 Å². The van der Waals surface area contributed by atoms with Gasteiger partial charge in [-0.15, -0.1) is 0 Å². The van der Waals surface area contributed by atoms with Crippen LogP contribution in [0.25, 0.3) is 11.3 Å². The molecule has 5 nitrogen and oxygen atoms in total. The minimum absolute atomic E-state index is 0.334. The Hall–Kier alpha value is -2.92. The van der Waals surface area contributed by atoms with Crippen LogP contribution in [0.3, 0.4) is 0 Å². The zero-order chi connectivity index (χ0) is 19.4. The maximum atomic E-state index is 10.9. The lowest BCUT2D eigenvalue weighted by Crippen LogP contribution is -2.05. The first kappa shape index (κ1) is 18.9. The van der Waals surface area contributed by atoms with Gasteiger partial charge in [0.25, 0.3) is 0 Å². The monoisotopic (exact) mass is 386 g/mol. The number of carbonyl (C=O) groups excluding carboxylic acids is 1. The molecular formula is C21H19ClO5. The van der Waals surface area contributed by atoms with E-state index in [0.29, 0.717) is 23.1 Å². The molecule has 0 unspecified atom stereocenters. The van der Waals surface area contributed by atoms with E-state index in [1.165, 1.54) is 6.92 Å². The van der Waals surface area contributed by atoms with E-state index >= 15 is 0 Å². The SMILES string of the molecule is CC(=O)OOc1cccc(OCc2cc(-c3ccc(Cl)cc3)oc2C)c1C. The zero-order valence-electron chi connectivity index (χ0n) is 15.2. The zero-order valence-corrected chi connectivity index (χ0v) is 16.0. The van der Waals surface area contributed by atoms with E-state index < -0.39 is 5.97 Å². The number of aryl methyl sites for hydroxylation is 1. The Kier molecular flexibility index (Phi) is 5.72. The standard InChI is InChI=1S/C21H19ClO5/c1-13-19(5-4-6-20(13)27-26-15(3)23)24-12-17-11-21(25-14(17)2)16-7-9-18(22)10-8-16/h4-11H,12H2,1-3H3. The third-order valence-electron chi connectivity index (χ3n) is 4.02. The molecule has 0 fully saturated rings. The van der Waals surface area contributed by atoms with E-state index in [0.717, 1.165) is 28.2 Å². The number of rotatable bonds is 6. The summed E-state index contributed by atoms with van der Waals surface area (Å²) in [5, 5.41) is 0.678. The van der Waals surface area contributed by atoms with Crippen molar-refractivity contribution in [1.29, 1.82) is 0 Å². The Balaban J connectivity index is 1.73. The number of carbonyl (C=O) groups is 1. The summed E-state index contributed by atoms with van der Waals surface area (Å²) in [7, 11) is 0. The van der Waals surface area contributed by atoms with Gasteiger partial charge < -0.3 is 9.15 Å². The molecule has 2 aromatic carbocycles. The van der Waals surface area contributed by atoms with Crippen LogP contribution in [0.2, 0.25) is 5.02 Å². The fourth-order valence-electron chi connectivity index (χ4n) is 2.52. The van der Waals surface area contributed by atoms with Crippen LogP contribution in [-0.4, -0.2) is 5.97 Å². The molecule has 6 heteroatoms. The van der Waals surface area contributed by atoms with Crippen LogP contribution in [0.15, 0.2) is 52.9 Å². The molecule has 0 aliphatic rings. The summed E-state index contributed by atoms with van der Waals surface area (Å²) in [6.07, 6.45) is 0. The molecule has 27 heavy (non-hydrogen) atoms. The van der Waals surface area contributed by atoms with Gasteiger partial charge in [-0.25, -0.2) is 4.79 Å². The molecule has 1 heterocycles. The molecule has 3 rings (SSSR count). The Bertz CT molecular complexity index is 944. The second-order valence-electron chi connectivity index (χ2n) is 6.03. The van der Waals surface area contributed by atoms with Gasteiger partial charge >= 0.3 is 5.97 Å². The second-order valence-corrected chi connectivity index (χ2v) is 6.46. The van der Waals surface area contributed by atoms with Crippen LogP contribution in [0.5, 0.6) is 11.5 Å². The van der Waals surface area contributed by atoms with Gasteiger partial charge in [0, 0.05) is 28.6 Å². The maximum Gasteiger partial charge on any atom is 0.352 e. The lowest BCUT2D eigenvalue weighted by Gasteiger charge is -2.11. The van der Waals surface area contributed by atoms with Crippen LogP contribution in [0.1, 0.15) is 23.8 Å². The van der Waals surface area contributed by atoms with Crippen LogP contribution < -0.4 is 9.62 Å². The van der Waals surface area contributed by atoms with Crippen LogP contribution in [-0.2, 0) is 16.3 Å². The molecule has 0 radical (unpaired) electrons. The van der Waals surface area contributed by atoms with Crippen molar-refractivity contribution in [2.45, 2.75) is 27.4 Å². The van der Waals surface area contributed by atoms with E-state index in [4.69, 9.17) is 25.6 Å². The molecule has 1 aromatic heterocycles. The predicted molar refractivity (Wildman–Crippen MR) is 102 cm³/mol. The molecule has 140 valence electrons. The molecule has 0 saturated carbocycles. The summed E-state index contributed by atoms with van der Waals surface area (Å²) in [5.74, 6) is 2.07. The molecular weight excluding hydrogens is 368 g/mol. The Morgan fingerprint density at radius 1 is 1.07 bits per heavy atom. The third-order valence-corrected chi connectivity index (χ3v) is 4.27. The average Bonchev–Trinajstić information content (AvgIpc) is 3.01. The van der Waals surface area contributed by atoms with Crippen molar-refractivity contribution in [3.05, 3.63) is 70.4 Å². The van der Waals surface area contributed by atoms with Crippen molar-refractivity contribution in [3.8, 4) is 22.8 Å². The Morgan fingerprint density at radius 2 is 1.78 bits per heavy atom. The highest BCUT2D eigenvalue weighted by atomic mass is 35.5. The van der Waals surface area contributed by atoms with Crippen LogP contribution in [0, 0.1) is 13.8 Å². The van der Waals surface area contributed by atoms with Gasteiger partial charge in [0.2, 0.25) is 0 Å². The van der Waals surface area contributed by atoms with Crippen molar-refractivity contribution >= 4 is 17.6 Å². The molecule has 0 N–H and O–H groups in total. The van der Waals surface area contributed by atoms with Gasteiger partial charge in [-0.1, -0.05) is 17.7 Å². The summed E-state index contributed by atoms with van der Waals surface area (Å²) < 4.78 is 11.8. The molecule has 0 aliphatic carbocycles. The molecule has 0 aliphatic heterocycles. The summed E-state index contributed by atoms with van der Waals surface area (Å²) in [4.78, 5) is 20.5. The Labute approximate surface area is 162 Å². The molecule has 0 bridgehead atoms. The largest absolute Gasteiger partial charge is 0.488 e. The smallest absolute Gasteiger partial charge is 0.352 e. The lowest BCUT2D eigenvalue weighted by atomic mass is 10.1. The highest BCUT2D eigenvalue weighted by molar-refractivity contribution is 6.30. The Morgan fingerprint density at radius 3 is 2.48 bits per heavy atom. The summed E-state index contributed by atoms with van der Waals surface area (Å²) in [6, 6.07) is 14.7. The number of furan rings is 1. The number of halogens is 1. The number of benzene rings is 2. The maximum absolute atomic E-state index is 10.9. The van der Waals surface area contributed by atoms with Crippen LogP contribution in [0.4, 0.5) is 0 Å². The van der Waals surface area contributed by atoms with E-state index in [9.17, 15) is 4.79 Å². The summed E-state index contributed by atoms with van der Waals surface area (Å²) in [5.41, 5.74) is 2.62. The van der Waals surface area contributed by atoms with Gasteiger partial charge in [0.05, 0.1) is 0 Å². The van der Waals surface area contributed by atoms with E-state index in [2.05, 4.69) is 4.89 Å². The van der Waals surface area contributed by atoms with Gasteiger partial charge in [0.15, 0.2) is 5.75 Å². The normalized spacial score (nSPS) is 10.5. The molecule has 0 spiro atoms. The quantitative estimate of drug-likeness (QED) is 0.404. The number of ether oxygens (including phenoxy) is 1. The first-order chi connectivity index (χ1) is 12.9. The molecule has 3 aromatic rings. The number of hydrogen-bond acceptors (Lipinski definition) is 5. The van der Waals surface area contributed by atoms with Crippen molar-refractivity contribution in [1.82, 2.24) is 0 Å². The molecule has 0 amide bonds. The van der Waals surface area contributed by atoms with Crippen molar-refractivity contribution < 1.29 is 23.7 Å². The van der Waals surface area contributed by atoms with Crippen molar-refractivity contribution in [3.63, 3.8) is 0 Å². The summed E-state index contributed by atoms with van der Waals surface area (Å²) in [6.45, 7) is 5.33. The fraction of sp³-hybridized carbons (Fsp3) is 0.190. The second kappa shape index (κ2) is 8.18.